The molecule has 0 radical (unpaired) electrons. The number of halogens is 1. The predicted octanol–water partition coefficient (Wildman–Crippen LogP) is 3.63. The minimum atomic E-state index is -0.446. The SMILES string of the molecule is CCNC(=NCC1CCCN1C)N1CCC(CN(CC)C(=O)OC(C)(C)C)CC1.I. The zero-order valence-electron chi connectivity index (χ0n) is 19.9. The van der Waals surface area contributed by atoms with Gasteiger partial charge >= 0.3 is 6.09 Å². The van der Waals surface area contributed by atoms with E-state index >= 15 is 0 Å². The molecule has 2 rings (SSSR count). The van der Waals surface area contributed by atoms with Gasteiger partial charge in [-0.3, -0.25) is 4.99 Å². The van der Waals surface area contributed by atoms with Crippen molar-refractivity contribution >= 4 is 36.0 Å². The van der Waals surface area contributed by atoms with Gasteiger partial charge in [0, 0.05) is 38.8 Å². The van der Waals surface area contributed by atoms with E-state index in [2.05, 4.69) is 29.1 Å². The molecule has 1 unspecified atom stereocenters. The van der Waals surface area contributed by atoms with Gasteiger partial charge in [-0.1, -0.05) is 0 Å². The summed E-state index contributed by atoms with van der Waals surface area (Å²) in [6, 6.07) is 0.577. The fourth-order valence-corrected chi connectivity index (χ4v) is 4.13. The number of likely N-dealkylation sites (N-methyl/N-ethyl adjacent to an activating group) is 1. The molecule has 0 aliphatic carbocycles. The highest BCUT2D eigenvalue weighted by Gasteiger charge is 2.27. The largest absolute Gasteiger partial charge is 0.444 e. The molecule has 7 nitrogen and oxygen atoms in total. The highest BCUT2D eigenvalue weighted by Crippen LogP contribution is 2.21. The van der Waals surface area contributed by atoms with Crippen molar-refractivity contribution in [3.8, 4) is 0 Å². The molecule has 2 aliphatic rings. The molecule has 2 fully saturated rings. The number of guanidine groups is 1. The minimum absolute atomic E-state index is 0. The highest BCUT2D eigenvalue weighted by atomic mass is 127. The molecule has 1 N–H and O–H groups in total. The van der Waals surface area contributed by atoms with Crippen LogP contribution in [0.25, 0.3) is 0 Å². The highest BCUT2D eigenvalue weighted by molar-refractivity contribution is 14.0. The Hall–Kier alpha value is -0.770. The number of nitrogens with zero attached hydrogens (tertiary/aromatic N) is 4. The predicted molar refractivity (Wildman–Crippen MR) is 135 cm³/mol. The number of nitrogens with one attached hydrogen (secondary N) is 1. The summed E-state index contributed by atoms with van der Waals surface area (Å²) in [5.41, 5.74) is -0.446. The molecule has 0 aromatic rings. The Kier molecular flexibility index (Phi) is 11.8. The van der Waals surface area contributed by atoms with Gasteiger partial charge in [-0.25, -0.2) is 4.79 Å². The second-order valence-corrected chi connectivity index (χ2v) is 9.42. The van der Waals surface area contributed by atoms with Gasteiger partial charge in [0.25, 0.3) is 0 Å². The van der Waals surface area contributed by atoms with E-state index in [1.54, 1.807) is 0 Å². The molecule has 2 heterocycles. The van der Waals surface area contributed by atoms with Gasteiger partial charge in [-0.2, -0.15) is 0 Å². The van der Waals surface area contributed by atoms with Crippen molar-refractivity contribution in [1.29, 1.82) is 0 Å². The fraction of sp³-hybridized carbons (Fsp3) is 0.909. The Labute approximate surface area is 201 Å². The third-order valence-corrected chi connectivity index (χ3v) is 5.88. The Balaban J connectivity index is 0.00000450. The maximum atomic E-state index is 12.4. The molecule has 1 amide bonds. The molecule has 0 saturated carbocycles. The van der Waals surface area contributed by atoms with Crippen molar-refractivity contribution in [2.75, 3.05) is 52.9 Å². The molecule has 1 atom stereocenters. The van der Waals surface area contributed by atoms with E-state index < -0.39 is 5.60 Å². The lowest BCUT2D eigenvalue weighted by Gasteiger charge is -2.36. The Morgan fingerprint density at radius 1 is 1.17 bits per heavy atom. The number of ether oxygens (including phenoxy) is 1. The van der Waals surface area contributed by atoms with Gasteiger partial charge in [0.05, 0.1) is 6.54 Å². The lowest BCUT2D eigenvalue weighted by Crippen LogP contribution is -2.48. The van der Waals surface area contributed by atoms with Crippen molar-refractivity contribution in [2.45, 2.75) is 71.9 Å². The Morgan fingerprint density at radius 2 is 1.83 bits per heavy atom. The summed E-state index contributed by atoms with van der Waals surface area (Å²) in [5, 5.41) is 3.47. The van der Waals surface area contributed by atoms with Crippen LogP contribution in [0.5, 0.6) is 0 Å². The molecular weight excluding hydrogens is 493 g/mol. The van der Waals surface area contributed by atoms with Crippen molar-refractivity contribution in [3.63, 3.8) is 0 Å². The van der Waals surface area contributed by atoms with E-state index in [1.165, 1.54) is 19.4 Å². The number of carbonyl (C=O) groups is 1. The summed E-state index contributed by atoms with van der Waals surface area (Å²) in [7, 11) is 2.20. The van der Waals surface area contributed by atoms with Gasteiger partial charge in [-0.05, 0) is 79.8 Å². The number of aliphatic imine (C=N–C) groups is 1. The standard InChI is InChI=1S/C22H43N5O2.HI/c1-7-23-20(24-16-19-10-9-13-25(19)6)27-14-11-18(12-15-27)17-26(8-2)21(28)29-22(3,4)5;/h18-19H,7-17H2,1-6H3,(H,23,24);1H. The van der Waals surface area contributed by atoms with Crippen molar-refractivity contribution in [3.05, 3.63) is 0 Å². The van der Waals surface area contributed by atoms with E-state index in [-0.39, 0.29) is 30.1 Å². The van der Waals surface area contributed by atoms with E-state index in [0.29, 0.717) is 18.5 Å². The fourth-order valence-electron chi connectivity index (χ4n) is 4.13. The zero-order valence-corrected chi connectivity index (χ0v) is 22.3. The van der Waals surface area contributed by atoms with Crippen molar-refractivity contribution in [2.24, 2.45) is 10.9 Å². The van der Waals surface area contributed by atoms with Crippen LogP contribution in [0.15, 0.2) is 4.99 Å². The first-order valence-electron chi connectivity index (χ1n) is 11.4. The van der Waals surface area contributed by atoms with Gasteiger partial charge in [0.1, 0.15) is 5.60 Å². The molecule has 2 aliphatic heterocycles. The number of rotatable bonds is 6. The lowest BCUT2D eigenvalue weighted by atomic mass is 9.96. The number of carbonyl (C=O) groups excluding carboxylic acids is 1. The molecular formula is C22H44IN5O2. The number of likely N-dealkylation sites (tertiary alicyclic amines) is 2. The second kappa shape index (κ2) is 12.9. The third-order valence-electron chi connectivity index (χ3n) is 5.88. The first kappa shape index (κ1) is 27.3. The molecule has 2 saturated heterocycles. The number of hydrogen-bond acceptors (Lipinski definition) is 4. The quantitative estimate of drug-likeness (QED) is 0.319. The van der Waals surface area contributed by atoms with Gasteiger partial charge in [-0.15, -0.1) is 24.0 Å². The van der Waals surface area contributed by atoms with Crippen LogP contribution in [0, 0.1) is 5.92 Å². The molecule has 0 bridgehead atoms. The average Bonchev–Trinajstić information content (AvgIpc) is 3.07. The van der Waals surface area contributed by atoms with Gasteiger partial charge in [0.15, 0.2) is 5.96 Å². The summed E-state index contributed by atoms with van der Waals surface area (Å²) in [6.07, 6.45) is 4.49. The maximum absolute atomic E-state index is 12.4. The molecule has 0 spiro atoms. The van der Waals surface area contributed by atoms with Crippen LogP contribution in [0.4, 0.5) is 4.79 Å². The monoisotopic (exact) mass is 537 g/mol. The van der Waals surface area contributed by atoms with E-state index in [0.717, 1.165) is 51.5 Å². The van der Waals surface area contributed by atoms with E-state index in [9.17, 15) is 4.79 Å². The van der Waals surface area contributed by atoms with Crippen molar-refractivity contribution < 1.29 is 9.53 Å². The summed E-state index contributed by atoms with van der Waals surface area (Å²) in [5.74, 6) is 1.56. The second-order valence-electron chi connectivity index (χ2n) is 9.42. The van der Waals surface area contributed by atoms with Crippen LogP contribution < -0.4 is 5.32 Å². The van der Waals surface area contributed by atoms with Crippen LogP contribution in [0.1, 0.15) is 60.3 Å². The van der Waals surface area contributed by atoms with Crippen LogP contribution >= 0.6 is 24.0 Å². The number of hydrogen-bond donors (Lipinski definition) is 1. The van der Waals surface area contributed by atoms with Gasteiger partial charge < -0.3 is 24.8 Å². The molecule has 0 aromatic carbocycles. The maximum Gasteiger partial charge on any atom is 0.410 e. The lowest BCUT2D eigenvalue weighted by molar-refractivity contribution is 0.0214. The van der Waals surface area contributed by atoms with Crippen molar-refractivity contribution in [1.82, 2.24) is 20.0 Å². The molecule has 0 aromatic heterocycles. The van der Waals surface area contributed by atoms with Crippen LogP contribution in [-0.2, 0) is 4.74 Å². The Morgan fingerprint density at radius 3 is 2.33 bits per heavy atom. The molecule has 30 heavy (non-hydrogen) atoms. The topological polar surface area (TPSA) is 60.4 Å². The first-order valence-corrected chi connectivity index (χ1v) is 11.4. The number of piperidine rings is 1. The van der Waals surface area contributed by atoms with E-state index in [1.807, 2.05) is 32.6 Å². The average molecular weight is 538 g/mol. The molecule has 8 heteroatoms. The molecule has 176 valence electrons. The smallest absolute Gasteiger partial charge is 0.410 e. The summed E-state index contributed by atoms with van der Waals surface area (Å²) < 4.78 is 5.56. The first-order chi connectivity index (χ1) is 13.7. The van der Waals surface area contributed by atoms with Crippen LogP contribution in [-0.4, -0.2) is 91.3 Å². The third kappa shape index (κ3) is 8.77. The van der Waals surface area contributed by atoms with Crippen LogP contribution in [0.3, 0.4) is 0 Å². The van der Waals surface area contributed by atoms with Gasteiger partial charge in [0.2, 0.25) is 0 Å². The summed E-state index contributed by atoms with van der Waals surface area (Å²) in [6.45, 7) is 16.3. The minimum Gasteiger partial charge on any atom is -0.444 e. The van der Waals surface area contributed by atoms with E-state index in [4.69, 9.17) is 9.73 Å². The number of amides is 1. The van der Waals surface area contributed by atoms with Crippen LogP contribution in [0.2, 0.25) is 0 Å². The normalized spacial score (nSPS) is 21.3. The zero-order chi connectivity index (χ0) is 21.4. The summed E-state index contributed by atoms with van der Waals surface area (Å²) >= 11 is 0. The summed E-state index contributed by atoms with van der Waals surface area (Å²) in [4.78, 5) is 24.0. The Bertz CT molecular complexity index is 544.